The first kappa shape index (κ1) is 30.3. The number of carbonyl (C=O) groups is 1. The number of hydrogen-bond donors (Lipinski definition) is 1. The third-order valence-electron chi connectivity index (χ3n) is 7.83. The van der Waals surface area contributed by atoms with Crippen molar-refractivity contribution in [3.05, 3.63) is 64.0 Å². The zero-order chi connectivity index (χ0) is 30.1. The van der Waals surface area contributed by atoms with Crippen LogP contribution >= 0.6 is 11.3 Å². The number of hydrogen-bond acceptors (Lipinski definition) is 8. The number of aliphatic carboxylic acids is 1. The summed E-state index contributed by atoms with van der Waals surface area (Å²) in [6.45, 7) is 4.38. The molecule has 0 radical (unpaired) electrons. The molecule has 2 aliphatic heterocycles. The van der Waals surface area contributed by atoms with Gasteiger partial charge in [0, 0.05) is 43.7 Å². The summed E-state index contributed by atoms with van der Waals surface area (Å²) in [6.07, 6.45) is -3.66. The van der Waals surface area contributed by atoms with E-state index in [1.807, 2.05) is 30.0 Å². The Bertz CT molecular complexity index is 1540. The van der Waals surface area contributed by atoms with Crippen LogP contribution in [0.2, 0.25) is 0 Å². The van der Waals surface area contributed by atoms with Crippen LogP contribution in [0, 0.1) is 12.8 Å². The fraction of sp³-hybridized carbons (Fsp3) is 0.448. The summed E-state index contributed by atoms with van der Waals surface area (Å²) in [5.74, 6) is -1.22. The van der Waals surface area contributed by atoms with Gasteiger partial charge in [-0.3, -0.25) is 9.69 Å². The van der Waals surface area contributed by atoms with Crippen LogP contribution in [0.5, 0.6) is 5.75 Å². The van der Waals surface area contributed by atoms with Crippen molar-refractivity contribution in [2.45, 2.75) is 39.1 Å². The Hall–Kier alpha value is -3.16. The van der Waals surface area contributed by atoms with Gasteiger partial charge in [-0.25, -0.2) is 13.4 Å². The minimum Gasteiger partial charge on any atom is -0.488 e. The third kappa shape index (κ3) is 7.07. The van der Waals surface area contributed by atoms with Crippen LogP contribution in [-0.2, 0) is 34.0 Å². The lowest BCUT2D eigenvalue weighted by atomic mass is 9.97. The number of rotatable bonds is 8. The van der Waals surface area contributed by atoms with E-state index in [1.54, 1.807) is 11.4 Å². The molecule has 3 aromatic rings. The van der Waals surface area contributed by atoms with Crippen molar-refractivity contribution in [3.8, 4) is 17.0 Å². The smallest absolute Gasteiger partial charge is 0.419 e. The molecule has 0 bridgehead atoms. The number of nitrogens with zero attached hydrogens (tertiary/aromatic N) is 3. The van der Waals surface area contributed by atoms with Gasteiger partial charge in [0.1, 0.15) is 12.4 Å². The maximum atomic E-state index is 14.1. The van der Waals surface area contributed by atoms with E-state index >= 15 is 0 Å². The van der Waals surface area contributed by atoms with Crippen LogP contribution < -0.4 is 9.64 Å². The monoisotopic (exact) mass is 623 g/mol. The van der Waals surface area contributed by atoms with Crippen molar-refractivity contribution in [2.75, 3.05) is 42.6 Å². The van der Waals surface area contributed by atoms with Gasteiger partial charge < -0.3 is 14.7 Å². The van der Waals surface area contributed by atoms with Crippen molar-refractivity contribution in [3.63, 3.8) is 0 Å². The van der Waals surface area contributed by atoms with Crippen LogP contribution in [0.1, 0.15) is 35.1 Å². The van der Waals surface area contributed by atoms with Gasteiger partial charge in [-0.05, 0) is 48.6 Å². The molecule has 0 aliphatic carbocycles. The molecule has 5 rings (SSSR count). The Labute approximate surface area is 246 Å². The number of alkyl halides is 3. The molecule has 2 fully saturated rings. The Kier molecular flexibility index (Phi) is 8.81. The highest BCUT2D eigenvalue weighted by molar-refractivity contribution is 7.91. The Morgan fingerprint density at radius 3 is 2.48 bits per heavy atom. The quantitative estimate of drug-likeness (QED) is 0.364. The number of thiazole rings is 1. The van der Waals surface area contributed by atoms with Crippen molar-refractivity contribution in [2.24, 2.45) is 5.92 Å². The first-order valence-electron chi connectivity index (χ1n) is 13.7. The highest BCUT2D eigenvalue weighted by Gasteiger charge is 2.36. The molecule has 8 nitrogen and oxygen atoms in total. The Morgan fingerprint density at radius 1 is 1.12 bits per heavy atom. The predicted molar refractivity (Wildman–Crippen MR) is 155 cm³/mol. The number of ether oxygens (including phenoxy) is 1. The molecule has 0 unspecified atom stereocenters. The minimum absolute atomic E-state index is 0.0755. The van der Waals surface area contributed by atoms with E-state index in [0.717, 1.165) is 22.8 Å². The molecular weight excluding hydrogens is 591 g/mol. The SMILES string of the molecule is Cc1cc(CN2CCS(=O)(=O)CC2)ccc1COc1c(-c2csc(N3CCC(C(=O)O)CC3)n2)cccc1C(F)(F)F. The normalized spacial score (nSPS) is 18.2. The van der Waals surface area contributed by atoms with Gasteiger partial charge in [-0.15, -0.1) is 11.3 Å². The van der Waals surface area contributed by atoms with Crippen LogP contribution in [-0.4, -0.2) is 67.1 Å². The molecular formula is C29H32F3N3O5S2. The lowest BCUT2D eigenvalue weighted by Gasteiger charge is -2.29. The van der Waals surface area contributed by atoms with Crippen molar-refractivity contribution < 1.29 is 36.2 Å². The Balaban J connectivity index is 1.33. The minimum atomic E-state index is -4.64. The number of benzene rings is 2. The second-order valence-electron chi connectivity index (χ2n) is 10.8. The first-order chi connectivity index (χ1) is 19.9. The summed E-state index contributed by atoms with van der Waals surface area (Å²) in [5, 5.41) is 11.6. The number of carboxylic acids is 1. The molecule has 2 aliphatic rings. The fourth-order valence-electron chi connectivity index (χ4n) is 5.30. The van der Waals surface area contributed by atoms with Gasteiger partial charge in [0.15, 0.2) is 15.0 Å². The standard InChI is InChI=1S/C29H32F3N3O5S2/c1-19-15-20(16-34-11-13-42(38,39)14-12-34)5-6-22(19)17-40-26-23(3-2-4-24(26)29(30,31)32)25-18-41-28(33-25)35-9-7-21(8-10-35)27(36)37/h2-6,15,18,21H,7-14,16-17H2,1H3,(H,36,37). The van der Waals surface area contributed by atoms with E-state index < -0.39 is 33.5 Å². The summed E-state index contributed by atoms with van der Waals surface area (Å²) in [6, 6.07) is 9.59. The number of aryl methyl sites for hydroxylation is 1. The summed E-state index contributed by atoms with van der Waals surface area (Å²) in [5.41, 5.74) is 2.32. The number of halogens is 3. The molecule has 13 heteroatoms. The number of aromatic nitrogens is 1. The maximum absolute atomic E-state index is 14.1. The van der Waals surface area contributed by atoms with Gasteiger partial charge in [-0.1, -0.05) is 24.3 Å². The Morgan fingerprint density at radius 2 is 1.83 bits per heavy atom. The summed E-state index contributed by atoms with van der Waals surface area (Å²) in [7, 11) is -2.97. The maximum Gasteiger partial charge on any atom is 0.419 e. The van der Waals surface area contributed by atoms with Crippen LogP contribution in [0.3, 0.4) is 0 Å². The van der Waals surface area contributed by atoms with Crippen LogP contribution in [0.15, 0.2) is 41.8 Å². The lowest BCUT2D eigenvalue weighted by molar-refractivity contribution is -0.142. The molecule has 0 atom stereocenters. The molecule has 42 heavy (non-hydrogen) atoms. The zero-order valence-corrected chi connectivity index (χ0v) is 24.7. The van der Waals surface area contributed by atoms with Crippen molar-refractivity contribution >= 4 is 32.3 Å². The summed E-state index contributed by atoms with van der Waals surface area (Å²) < 4.78 is 71.6. The number of carboxylic acid groups (broad SMARTS) is 1. The fourth-order valence-corrected chi connectivity index (χ4v) is 7.46. The molecule has 0 amide bonds. The molecule has 3 heterocycles. The third-order valence-corrected chi connectivity index (χ3v) is 10.3. The topological polar surface area (TPSA) is 100 Å². The highest BCUT2D eigenvalue weighted by atomic mass is 32.2. The molecule has 1 N–H and O–H groups in total. The van der Waals surface area contributed by atoms with E-state index in [4.69, 9.17) is 4.74 Å². The highest BCUT2D eigenvalue weighted by Crippen LogP contribution is 2.43. The number of anilines is 1. The molecule has 0 saturated carbocycles. The van der Waals surface area contributed by atoms with Crippen molar-refractivity contribution in [1.82, 2.24) is 9.88 Å². The zero-order valence-electron chi connectivity index (χ0n) is 23.1. The van der Waals surface area contributed by atoms with E-state index in [9.17, 15) is 31.5 Å². The van der Waals surface area contributed by atoms with E-state index in [0.29, 0.717) is 56.4 Å². The van der Waals surface area contributed by atoms with E-state index in [-0.39, 0.29) is 29.4 Å². The van der Waals surface area contributed by atoms with Gasteiger partial charge >= 0.3 is 12.1 Å². The number of para-hydroxylation sites is 1. The van der Waals surface area contributed by atoms with Gasteiger partial charge in [0.2, 0.25) is 0 Å². The predicted octanol–water partition coefficient (Wildman–Crippen LogP) is 5.25. The largest absolute Gasteiger partial charge is 0.488 e. The molecule has 0 spiro atoms. The molecule has 2 aromatic carbocycles. The van der Waals surface area contributed by atoms with Crippen LogP contribution in [0.4, 0.5) is 18.3 Å². The first-order valence-corrected chi connectivity index (χ1v) is 16.4. The average Bonchev–Trinajstić information content (AvgIpc) is 3.43. The second-order valence-corrected chi connectivity index (χ2v) is 13.9. The van der Waals surface area contributed by atoms with Gasteiger partial charge in [-0.2, -0.15) is 13.2 Å². The van der Waals surface area contributed by atoms with Gasteiger partial charge in [0.25, 0.3) is 0 Å². The van der Waals surface area contributed by atoms with E-state index in [1.165, 1.54) is 17.4 Å². The van der Waals surface area contributed by atoms with E-state index in [2.05, 4.69) is 9.88 Å². The van der Waals surface area contributed by atoms with Crippen molar-refractivity contribution in [1.29, 1.82) is 0 Å². The second kappa shape index (κ2) is 12.2. The van der Waals surface area contributed by atoms with Crippen LogP contribution in [0.25, 0.3) is 11.3 Å². The number of piperidine rings is 1. The molecule has 1 aromatic heterocycles. The molecule has 226 valence electrons. The number of sulfone groups is 1. The summed E-state index contributed by atoms with van der Waals surface area (Å²) in [4.78, 5) is 19.9. The van der Waals surface area contributed by atoms with Gasteiger partial charge in [0.05, 0.1) is 28.7 Å². The molecule has 2 saturated heterocycles. The summed E-state index contributed by atoms with van der Waals surface area (Å²) >= 11 is 1.31. The lowest BCUT2D eigenvalue weighted by Crippen LogP contribution is -2.39. The average molecular weight is 624 g/mol.